The fourth-order valence-electron chi connectivity index (χ4n) is 2.32. The van der Waals surface area contributed by atoms with Crippen LogP contribution in [0.3, 0.4) is 0 Å². The number of hydrogen-bond acceptors (Lipinski definition) is 5. The van der Waals surface area contributed by atoms with Crippen LogP contribution in [0.25, 0.3) is 0 Å². The van der Waals surface area contributed by atoms with Gasteiger partial charge in [0.05, 0.1) is 23.9 Å². The molecule has 0 bridgehead atoms. The molecule has 0 amide bonds. The number of aromatic nitrogens is 1. The van der Waals surface area contributed by atoms with Crippen molar-refractivity contribution in [3.05, 3.63) is 15.6 Å². The van der Waals surface area contributed by atoms with Crippen LogP contribution < -0.4 is 11.1 Å². The molecule has 6 nitrogen and oxygen atoms in total. The van der Waals surface area contributed by atoms with Gasteiger partial charge >= 0.3 is 0 Å². The second-order valence-corrected chi connectivity index (χ2v) is 6.79. The lowest BCUT2D eigenvalue weighted by Crippen LogP contribution is -2.37. The van der Waals surface area contributed by atoms with Gasteiger partial charge in [-0.25, -0.2) is 4.98 Å². The van der Waals surface area contributed by atoms with Crippen LogP contribution in [0.5, 0.6) is 0 Å². The molecule has 1 fully saturated rings. The predicted molar refractivity (Wildman–Crippen MR) is 107 cm³/mol. The third-order valence-electron chi connectivity index (χ3n) is 3.74. The fraction of sp³-hybridized carbons (Fsp3) is 0.733. The number of hydrogen-bond donors (Lipinski definition) is 2. The van der Waals surface area contributed by atoms with Crippen molar-refractivity contribution in [3.63, 3.8) is 0 Å². The summed E-state index contributed by atoms with van der Waals surface area (Å²) in [5.41, 5.74) is 7.01. The molecular weight excluding hydrogens is 425 g/mol. The molecule has 0 spiro atoms. The minimum absolute atomic E-state index is 0. The number of nitrogens with one attached hydrogen (secondary N) is 1. The molecule has 1 aromatic heterocycles. The topological polar surface area (TPSA) is 75.8 Å². The lowest BCUT2D eigenvalue weighted by Gasteiger charge is -2.26. The van der Waals surface area contributed by atoms with Crippen LogP contribution in [-0.2, 0) is 11.2 Å². The number of nitrogens with zero attached hydrogens (tertiary/aromatic N) is 3. The zero-order valence-corrected chi connectivity index (χ0v) is 17.2. The number of thiazole rings is 1. The first kappa shape index (κ1) is 20.6. The Kier molecular flexibility index (Phi) is 10.00. The Labute approximate surface area is 159 Å². The highest BCUT2D eigenvalue weighted by atomic mass is 127. The summed E-state index contributed by atoms with van der Waals surface area (Å²) in [7, 11) is 0. The normalized spacial score (nSPS) is 16.2. The molecule has 0 saturated carbocycles. The van der Waals surface area contributed by atoms with Crippen LogP contribution in [0.2, 0.25) is 0 Å². The standard InChI is InChI=1S/C15H27N5OS.HI/c1-12-13(2)22-14(19-12)4-6-18-15(16)17-5-3-7-20-8-10-21-11-9-20;/h3-11H2,1-2H3,(H3,16,17,18);1H. The van der Waals surface area contributed by atoms with Crippen molar-refractivity contribution in [1.29, 1.82) is 0 Å². The maximum atomic E-state index is 5.88. The monoisotopic (exact) mass is 453 g/mol. The molecule has 1 aromatic rings. The number of halogens is 1. The SMILES string of the molecule is Cc1nc(CCNC(N)=NCCCN2CCOCC2)sc1C.I. The summed E-state index contributed by atoms with van der Waals surface area (Å²) in [5.74, 6) is 0.534. The Morgan fingerprint density at radius 1 is 1.39 bits per heavy atom. The Hall–Kier alpha value is -0.450. The predicted octanol–water partition coefficient (Wildman–Crippen LogP) is 1.55. The van der Waals surface area contributed by atoms with Gasteiger partial charge in [0.2, 0.25) is 0 Å². The van der Waals surface area contributed by atoms with Gasteiger partial charge in [0.25, 0.3) is 0 Å². The van der Waals surface area contributed by atoms with Gasteiger partial charge in [-0.3, -0.25) is 9.89 Å². The molecule has 1 aliphatic heterocycles. The number of aliphatic imine (C=N–C) groups is 1. The van der Waals surface area contributed by atoms with Crippen molar-refractivity contribution in [2.75, 3.05) is 45.9 Å². The van der Waals surface area contributed by atoms with Gasteiger partial charge in [0, 0.05) is 44.0 Å². The molecule has 0 radical (unpaired) electrons. The summed E-state index contributed by atoms with van der Waals surface area (Å²) < 4.78 is 5.33. The van der Waals surface area contributed by atoms with Crippen molar-refractivity contribution < 1.29 is 4.74 Å². The van der Waals surface area contributed by atoms with E-state index in [4.69, 9.17) is 10.5 Å². The van der Waals surface area contributed by atoms with Gasteiger partial charge in [-0.15, -0.1) is 35.3 Å². The van der Waals surface area contributed by atoms with Gasteiger partial charge < -0.3 is 15.8 Å². The fourth-order valence-corrected chi connectivity index (χ4v) is 3.25. The Morgan fingerprint density at radius 2 is 2.13 bits per heavy atom. The van der Waals surface area contributed by atoms with Crippen LogP contribution in [0.15, 0.2) is 4.99 Å². The molecule has 3 N–H and O–H groups in total. The molecule has 0 aromatic carbocycles. The molecule has 1 saturated heterocycles. The first-order chi connectivity index (χ1) is 10.6. The van der Waals surface area contributed by atoms with Crippen LogP contribution >= 0.6 is 35.3 Å². The second-order valence-electron chi connectivity index (χ2n) is 5.50. The highest BCUT2D eigenvalue weighted by Crippen LogP contribution is 2.16. The molecule has 23 heavy (non-hydrogen) atoms. The van der Waals surface area contributed by atoms with E-state index in [2.05, 4.69) is 27.1 Å². The van der Waals surface area contributed by atoms with Crippen LogP contribution in [0, 0.1) is 13.8 Å². The second kappa shape index (κ2) is 11.2. The van der Waals surface area contributed by atoms with E-state index >= 15 is 0 Å². The van der Waals surface area contributed by atoms with Crippen molar-refractivity contribution in [1.82, 2.24) is 15.2 Å². The lowest BCUT2D eigenvalue weighted by molar-refractivity contribution is 0.0377. The summed E-state index contributed by atoms with van der Waals surface area (Å²) in [6, 6.07) is 0. The number of morpholine rings is 1. The molecule has 132 valence electrons. The van der Waals surface area contributed by atoms with Crippen LogP contribution in [0.4, 0.5) is 0 Å². The van der Waals surface area contributed by atoms with Crippen molar-refractivity contribution in [2.24, 2.45) is 10.7 Å². The molecule has 8 heteroatoms. The minimum Gasteiger partial charge on any atom is -0.379 e. The van der Waals surface area contributed by atoms with Crippen molar-refractivity contribution in [2.45, 2.75) is 26.7 Å². The first-order valence-corrected chi connectivity index (χ1v) is 8.73. The van der Waals surface area contributed by atoms with E-state index in [0.717, 1.165) is 69.5 Å². The van der Waals surface area contributed by atoms with E-state index in [9.17, 15) is 0 Å². The van der Waals surface area contributed by atoms with E-state index < -0.39 is 0 Å². The number of nitrogens with two attached hydrogens (primary N) is 1. The summed E-state index contributed by atoms with van der Waals surface area (Å²) in [4.78, 5) is 12.6. The van der Waals surface area contributed by atoms with Crippen LogP contribution in [0.1, 0.15) is 22.0 Å². The summed E-state index contributed by atoms with van der Waals surface area (Å²) >= 11 is 1.76. The molecule has 2 heterocycles. The van der Waals surface area contributed by atoms with Gasteiger partial charge in [0.15, 0.2) is 5.96 Å². The highest BCUT2D eigenvalue weighted by Gasteiger charge is 2.08. The smallest absolute Gasteiger partial charge is 0.188 e. The summed E-state index contributed by atoms with van der Waals surface area (Å²) in [5, 5.41) is 4.31. The first-order valence-electron chi connectivity index (χ1n) is 7.92. The molecule has 0 unspecified atom stereocenters. The molecule has 1 aliphatic rings. The van der Waals surface area contributed by atoms with Gasteiger partial charge in [0.1, 0.15) is 0 Å². The number of rotatable bonds is 7. The third kappa shape index (κ3) is 7.77. The van der Waals surface area contributed by atoms with Crippen LogP contribution in [-0.4, -0.2) is 61.8 Å². The van der Waals surface area contributed by atoms with Gasteiger partial charge in [-0.05, 0) is 20.3 Å². The van der Waals surface area contributed by atoms with E-state index in [0.29, 0.717) is 5.96 Å². The van der Waals surface area contributed by atoms with E-state index in [1.165, 1.54) is 4.88 Å². The zero-order chi connectivity index (χ0) is 15.8. The minimum atomic E-state index is 0. The highest BCUT2D eigenvalue weighted by molar-refractivity contribution is 14.0. The Balaban J connectivity index is 0.00000264. The summed E-state index contributed by atoms with van der Waals surface area (Å²) in [6.45, 7) is 10.5. The molecular formula is C15H28IN5OS. The van der Waals surface area contributed by atoms with E-state index in [-0.39, 0.29) is 24.0 Å². The maximum absolute atomic E-state index is 5.88. The number of guanidine groups is 1. The largest absolute Gasteiger partial charge is 0.379 e. The lowest BCUT2D eigenvalue weighted by atomic mass is 10.3. The molecule has 0 aliphatic carbocycles. The quantitative estimate of drug-likeness (QED) is 0.284. The van der Waals surface area contributed by atoms with Crippen molar-refractivity contribution in [3.8, 4) is 0 Å². The molecule has 0 atom stereocenters. The van der Waals surface area contributed by atoms with Gasteiger partial charge in [-0.1, -0.05) is 0 Å². The average molecular weight is 453 g/mol. The number of aryl methyl sites for hydroxylation is 2. The van der Waals surface area contributed by atoms with E-state index in [1.54, 1.807) is 11.3 Å². The van der Waals surface area contributed by atoms with E-state index in [1.807, 2.05) is 6.92 Å². The molecule has 2 rings (SSSR count). The van der Waals surface area contributed by atoms with Crippen molar-refractivity contribution >= 4 is 41.3 Å². The third-order valence-corrected chi connectivity index (χ3v) is 4.87. The number of ether oxygens (including phenoxy) is 1. The Morgan fingerprint density at radius 3 is 2.78 bits per heavy atom. The maximum Gasteiger partial charge on any atom is 0.188 e. The summed E-state index contributed by atoms with van der Waals surface area (Å²) in [6.07, 6.45) is 1.93. The Bertz CT molecular complexity index is 469. The van der Waals surface area contributed by atoms with Gasteiger partial charge in [-0.2, -0.15) is 0 Å². The average Bonchev–Trinajstić information content (AvgIpc) is 2.83. The zero-order valence-electron chi connectivity index (χ0n) is 14.0.